The van der Waals surface area contributed by atoms with Gasteiger partial charge in [0.2, 0.25) is 5.91 Å². The summed E-state index contributed by atoms with van der Waals surface area (Å²) in [6.07, 6.45) is 1.17. The van der Waals surface area contributed by atoms with Gasteiger partial charge in [0.15, 0.2) is 0 Å². The molecule has 2 aliphatic rings. The van der Waals surface area contributed by atoms with Gasteiger partial charge in [-0.1, -0.05) is 0 Å². The molecule has 0 aromatic heterocycles. The molecule has 0 atom stereocenters. The fourth-order valence-corrected chi connectivity index (χ4v) is 2.76. The molecule has 21 heavy (non-hydrogen) atoms. The fourth-order valence-electron chi connectivity index (χ4n) is 2.76. The number of amides is 1. The molecule has 0 radical (unpaired) electrons. The Balaban J connectivity index is 1.72. The predicted octanol–water partition coefficient (Wildman–Crippen LogP) is -0.672. The zero-order valence-corrected chi connectivity index (χ0v) is 12.5. The van der Waals surface area contributed by atoms with Crippen molar-refractivity contribution < 1.29 is 19.4 Å². The molecular weight excluding hydrogens is 274 g/mol. The molecule has 2 saturated heterocycles. The summed E-state index contributed by atoms with van der Waals surface area (Å²) in [4.78, 5) is 29.1. The van der Waals surface area contributed by atoms with Gasteiger partial charge in [0, 0.05) is 32.7 Å². The number of hydrogen-bond acceptors (Lipinski definition) is 5. The van der Waals surface area contributed by atoms with Crippen LogP contribution >= 0.6 is 0 Å². The number of morpholine rings is 1. The topological polar surface area (TPSA) is 73.3 Å². The third-order valence-electron chi connectivity index (χ3n) is 4.05. The van der Waals surface area contributed by atoms with Crippen molar-refractivity contribution in [2.45, 2.75) is 12.8 Å². The van der Waals surface area contributed by atoms with Gasteiger partial charge in [-0.2, -0.15) is 0 Å². The van der Waals surface area contributed by atoms with Crippen LogP contribution in [-0.2, 0) is 14.3 Å². The first-order valence-corrected chi connectivity index (χ1v) is 7.67. The number of carbonyl (C=O) groups is 2. The molecule has 0 aliphatic carbocycles. The lowest BCUT2D eigenvalue weighted by Gasteiger charge is -2.29. The summed E-state index contributed by atoms with van der Waals surface area (Å²) < 4.78 is 5.26. The van der Waals surface area contributed by atoms with Crippen LogP contribution in [0.25, 0.3) is 0 Å². The van der Waals surface area contributed by atoms with E-state index >= 15 is 0 Å². The summed E-state index contributed by atoms with van der Waals surface area (Å²) in [6.45, 7) is 7.19. The Morgan fingerprint density at radius 2 is 1.62 bits per heavy atom. The van der Waals surface area contributed by atoms with Gasteiger partial charge in [-0.3, -0.25) is 14.5 Å². The van der Waals surface area contributed by atoms with Crippen LogP contribution in [0.2, 0.25) is 0 Å². The first-order chi connectivity index (χ1) is 10.1. The standard InChI is InChI=1S/C14H25N3O4/c18-13(17-8-10-21-11-9-17)12-16-4-1-3-15(6-7-16)5-2-14(19)20/h1-12H2,(H,19,20). The van der Waals surface area contributed by atoms with E-state index in [4.69, 9.17) is 9.84 Å². The average molecular weight is 299 g/mol. The normalized spacial score (nSPS) is 22.0. The number of hydrogen-bond donors (Lipinski definition) is 1. The second-order valence-electron chi connectivity index (χ2n) is 5.61. The molecule has 0 unspecified atom stereocenters. The quantitative estimate of drug-likeness (QED) is 0.726. The van der Waals surface area contributed by atoms with Gasteiger partial charge in [-0.05, 0) is 19.5 Å². The van der Waals surface area contributed by atoms with E-state index in [2.05, 4.69) is 9.80 Å². The van der Waals surface area contributed by atoms with E-state index in [0.29, 0.717) is 39.4 Å². The van der Waals surface area contributed by atoms with Crippen LogP contribution in [0.1, 0.15) is 12.8 Å². The lowest BCUT2D eigenvalue weighted by molar-refractivity contribution is -0.137. The average Bonchev–Trinajstić information content (AvgIpc) is 2.71. The van der Waals surface area contributed by atoms with Crippen LogP contribution in [0.3, 0.4) is 0 Å². The van der Waals surface area contributed by atoms with Gasteiger partial charge in [0.1, 0.15) is 0 Å². The fraction of sp³-hybridized carbons (Fsp3) is 0.857. The van der Waals surface area contributed by atoms with Gasteiger partial charge < -0.3 is 19.6 Å². The first-order valence-electron chi connectivity index (χ1n) is 7.67. The molecule has 0 bridgehead atoms. The second kappa shape index (κ2) is 8.31. The Kier molecular flexibility index (Phi) is 6.41. The smallest absolute Gasteiger partial charge is 0.304 e. The summed E-state index contributed by atoms with van der Waals surface area (Å²) in [6, 6.07) is 0. The molecule has 2 aliphatic heterocycles. The Labute approximate surface area is 125 Å². The molecule has 2 fully saturated rings. The van der Waals surface area contributed by atoms with Gasteiger partial charge in [0.05, 0.1) is 26.2 Å². The zero-order valence-electron chi connectivity index (χ0n) is 12.5. The molecule has 1 amide bonds. The Bertz CT molecular complexity index is 358. The number of carbonyl (C=O) groups excluding carboxylic acids is 1. The van der Waals surface area contributed by atoms with Crippen LogP contribution in [-0.4, -0.2) is 97.3 Å². The van der Waals surface area contributed by atoms with Crippen LogP contribution in [0, 0.1) is 0 Å². The minimum Gasteiger partial charge on any atom is -0.481 e. The van der Waals surface area contributed by atoms with Crippen molar-refractivity contribution >= 4 is 11.9 Å². The Hall–Kier alpha value is -1.18. The van der Waals surface area contributed by atoms with E-state index in [1.165, 1.54) is 0 Å². The molecule has 2 rings (SSSR count). The Morgan fingerprint density at radius 1 is 0.952 bits per heavy atom. The summed E-state index contributed by atoms with van der Waals surface area (Å²) in [5, 5.41) is 8.73. The maximum absolute atomic E-state index is 12.2. The van der Waals surface area contributed by atoms with Crippen molar-refractivity contribution in [2.24, 2.45) is 0 Å². The number of rotatable bonds is 5. The van der Waals surface area contributed by atoms with Crippen LogP contribution in [0.4, 0.5) is 0 Å². The van der Waals surface area contributed by atoms with Crippen molar-refractivity contribution in [3.63, 3.8) is 0 Å². The highest BCUT2D eigenvalue weighted by Gasteiger charge is 2.21. The number of ether oxygens (including phenoxy) is 1. The summed E-state index contributed by atoms with van der Waals surface area (Å²) in [7, 11) is 0. The summed E-state index contributed by atoms with van der Waals surface area (Å²) in [5.74, 6) is -0.573. The second-order valence-corrected chi connectivity index (χ2v) is 5.61. The lowest BCUT2D eigenvalue weighted by Crippen LogP contribution is -2.46. The molecule has 1 N–H and O–H groups in total. The monoisotopic (exact) mass is 299 g/mol. The minimum absolute atomic E-state index is 0.178. The maximum atomic E-state index is 12.2. The van der Waals surface area contributed by atoms with Crippen molar-refractivity contribution in [1.82, 2.24) is 14.7 Å². The highest BCUT2D eigenvalue weighted by Crippen LogP contribution is 2.06. The summed E-state index contributed by atoms with van der Waals surface area (Å²) >= 11 is 0. The van der Waals surface area contributed by atoms with Crippen molar-refractivity contribution in [3.8, 4) is 0 Å². The predicted molar refractivity (Wildman–Crippen MR) is 77.1 cm³/mol. The third kappa shape index (κ3) is 5.61. The van der Waals surface area contributed by atoms with Gasteiger partial charge in [-0.25, -0.2) is 0 Å². The van der Waals surface area contributed by atoms with Gasteiger partial charge in [0.25, 0.3) is 0 Å². The molecule has 7 nitrogen and oxygen atoms in total. The van der Waals surface area contributed by atoms with E-state index in [9.17, 15) is 9.59 Å². The van der Waals surface area contributed by atoms with Crippen molar-refractivity contribution in [3.05, 3.63) is 0 Å². The zero-order chi connectivity index (χ0) is 15.1. The van der Waals surface area contributed by atoms with Crippen LogP contribution in [0.5, 0.6) is 0 Å². The van der Waals surface area contributed by atoms with E-state index in [0.717, 1.165) is 32.6 Å². The molecule has 0 spiro atoms. The van der Waals surface area contributed by atoms with Crippen molar-refractivity contribution in [1.29, 1.82) is 0 Å². The Morgan fingerprint density at radius 3 is 2.33 bits per heavy atom. The summed E-state index contributed by atoms with van der Waals surface area (Å²) in [5.41, 5.74) is 0. The SMILES string of the molecule is O=C(O)CCN1CCCN(CC(=O)N2CCOCC2)CC1. The minimum atomic E-state index is -0.751. The largest absolute Gasteiger partial charge is 0.481 e. The lowest BCUT2D eigenvalue weighted by atomic mass is 10.3. The van der Waals surface area contributed by atoms with Crippen LogP contribution in [0.15, 0.2) is 0 Å². The third-order valence-corrected chi connectivity index (χ3v) is 4.05. The van der Waals surface area contributed by atoms with Crippen LogP contribution < -0.4 is 0 Å². The molecule has 120 valence electrons. The number of aliphatic carboxylic acids is 1. The van der Waals surface area contributed by atoms with Gasteiger partial charge in [-0.15, -0.1) is 0 Å². The number of carboxylic acids is 1. The first kappa shape index (κ1) is 16.2. The highest BCUT2D eigenvalue weighted by molar-refractivity contribution is 5.78. The number of nitrogens with zero attached hydrogens (tertiary/aromatic N) is 3. The molecule has 2 heterocycles. The highest BCUT2D eigenvalue weighted by atomic mass is 16.5. The van der Waals surface area contributed by atoms with E-state index in [1.54, 1.807) is 0 Å². The molecule has 7 heteroatoms. The number of carboxylic acid groups (broad SMARTS) is 1. The van der Waals surface area contributed by atoms with Crippen molar-refractivity contribution in [2.75, 3.05) is 65.6 Å². The van der Waals surface area contributed by atoms with E-state index in [-0.39, 0.29) is 12.3 Å². The molecular formula is C14H25N3O4. The maximum Gasteiger partial charge on any atom is 0.304 e. The van der Waals surface area contributed by atoms with E-state index < -0.39 is 5.97 Å². The molecule has 0 aromatic rings. The molecule has 0 saturated carbocycles. The van der Waals surface area contributed by atoms with Gasteiger partial charge >= 0.3 is 5.97 Å². The van der Waals surface area contributed by atoms with E-state index in [1.807, 2.05) is 4.90 Å². The molecule has 0 aromatic carbocycles.